The quantitative estimate of drug-likeness (QED) is 0.608. The van der Waals surface area contributed by atoms with Gasteiger partial charge in [0.2, 0.25) is 0 Å². The highest BCUT2D eigenvalue weighted by molar-refractivity contribution is 4.65. The second-order valence-corrected chi connectivity index (χ2v) is 4.50. The Bertz CT molecular complexity index is 150. The topological polar surface area (TPSA) is 49.7 Å². The van der Waals surface area contributed by atoms with E-state index in [4.69, 9.17) is 9.84 Å². The van der Waals surface area contributed by atoms with Gasteiger partial charge < -0.3 is 14.9 Å². The van der Waals surface area contributed by atoms with Gasteiger partial charge in [0.05, 0.1) is 19.3 Å². The largest absolute Gasteiger partial charge is 0.394 e. The molecule has 0 aromatic heterocycles. The van der Waals surface area contributed by atoms with Crippen molar-refractivity contribution >= 4 is 0 Å². The van der Waals surface area contributed by atoms with Crippen LogP contribution in [0, 0.1) is 5.92 Å². The van der Waals surface area contributed by atoms with Crippen molar-refractivity contribution in [2.45, 2.75) is 65.1 Å². The molecule has 0 saturated carbocycles. The van der Waals surface area contributed by atoms with Crippen molar-refractivity contribution in [2.75, 3.05) is 13.2 Å². The molecule has 3 atom stereocenters. The second-order valence-electron chi connectivity index (χ2n) is 4.50. The second kappa shape index (κ2) is 10.1. The number of rotatable bonds is 10. The van der Waals surface area contributed by atoms with Crippen LogP contribution in [-0.4, -0.2) is 35.6 Å². The zero-order valence-corrected chi connectivity index (χ0v) is 11.0. The summed E-state index contributed by atoms with van der Waals surface area (Å²) in [7, 11) is 0. The Kier molecular flexibility index (Phi) is 9.99. The highest BCUT2D eigenvalue weighted by atomic mass is 16.5. The molecule has 0 aliphatic carbocycles. The molecule has 0 fully saturated rings. The summed E-state index contributed by atoms with van der Waals surface area (Å²) in [4.78, 5) is 0. The fourth-order valence-corrected chi connectivity index (χ4v) is 1.92. The van der Waals surface area contributed by atoms with Crippen LogP contribution >= 0.6 is 0 Å². The van der Waals surface area contributed by atoms with Crippen LogP contribution in [0.25, 0.3) is 0 Å². The number of aliphatic hydroxyl groups excluding tert-OH is 2. The van der Waals surface area contributed by atoms with Crippen molar-refractivity contribution in [2.24, 2.45) is 5.92 Å². The van der Waals surface area contributed by atoms with Crippen LogP contribution < -0.4 is 0 Å². The standard InChI is InChI=1S/C13H28O3/c1-4-7-11(5-2)8-13(6-3)16-10-12(15)9-14/h11-15H,4-10H2,1-3H3. The van der Waals surface area contributed by atoms with Gasteiger partial charge in [-0.05, 0) is 18.8 Å². The predicted octanol–water partition coefficient (Wildman–Crippen LogP) is 2.35. The van der Waals surface area contributed by atoms with Crippen molar-refractivity contribution < 1.29 is 14.9 Å². The summed E-state index contributed by atoms with van der Waals surface area (Å²) in [6.45, 7) is 6.56. The van der Waals surface area contributed by atoms with Gasteiger partial charge in [0, 0.05) is 0 Å². The molecule has 3 nitrogen and oxygen atoms in total. The van der Waals surface area contributed by atoms with Gasteiger partial charge in [0.25, 0.3) is 0 Å². The third kappa shape index (κ3) is 7.20. The molecule has 2 N–H and O–H groups in total. The molecule has 0 aromatic carbocycles. The highest BCUT2D eigenvalue weighted by Gasteiger charge is 2.15. The van der Waals surface area contributed by atoms with E-state index in [0.29, 0.717) is 0 Å². The van der Waals surface area contributed by atoms with Gasteiger partial charge in [-0.1, -0.05) is 40.0 Å². The first-order valence-electron chi connectivity index (χ1n) is 6.58. The summed E-state index contributed by atoms with van der Waals surface area (Å²) in [5, 5.41) is 17.9. The normalized spacial score (nSPS) is 17.1. The van der Waals surface area contributed by atoms with Crippen molar-refractivity contribution in [3.63, 3.8) is 0 Å². The first-order chi connectivity index (χ1) is 7.67. The van der Waals surface area contributed by atoms with Gasteiger partial charge in [0.1, 0.15) is 6.10 Å². The van der Waals surface area contributed by atoms with Crippen LogP contribution in [0.2, 0.25) is 0 Å². The average molecular weight is 232 g/mol. The van der Waals surface area contributed by atoms with Crippen molar-refractivity contribution in [3.8, 4) is 0 Å². The molecule has 0 heterocycles. The summed E-state index contributed by atoms with van der Waals surface area (Å²) < 4.78 is 5.61. The van der Waals surface area contributed by atoms with Gasteiger partial charge >= 0.3 is 0 Å². The molecule has 0 aliphatic heterocycles. The molecular formula is C13H28O3. The molecule has 0 aromatic rings. The fraction of sp³-hybridized carbons (Fsp3) is 1.00. The first-order valence-corrected chi connectivity index (χ1v) is 6.58. The molecular weight excluding hydrogens is 204 g/mol. The van der Waals surface area contributed by atoms with Crippen LogP contribution in [0.1, 0.15) is 52.9 Å². The molecule has 0 radical (unpaired) electrons. The van der Waals surface area contributed by atoms with E-state index in [1.165, 1.54) is 19.3 Å². The number of ether oxygens (including phenoxy) is 1. The lowest BCUT2D eigenvalue weighted by Crippen LogP contribution is -2.25. The molecule has 0 saturated heterocycles. The summed E-state index contributed by atoms with van der Waals surface area (Å²) in [6.07, 6.45) is 5.18. The van der Waals surface area contributed by atoms with E-state index in [2.05, 4.69) is 20.8 Å². The maximum atomic E-state index is 9.22. The molecule has 0 aliphatic rings. The Hall–Kier alpha value is -0.120. The highest BCUT2D eigenvalue weighted by Crippen LogP contribution is 2.20. The lowest BCUT2D eigenvalue weighted by atomic mass is 9.93. The fourth-order valence-electron chi connectivity index (χ4n) is 1.92. The van der Waals surface area contributed by atoms with E-state index < -0.39 is 6.10 Å². The van der Waals surface area contributed by atoms with Crippen molar-refractivity contribution in [3.05, 3.63) is 0 Å². The van der Waals surface area contributed by atoms with Crippen LogP contribution in [0.15, 0.2) is 0 Å². The van der Waals surface area contributed by atoms with Crippen molar-refractivity contribution in [1.82, 2.24) is 0 Å². The minimum atomic E-state index is -0.736. The van der Waals surface area contributed by atoms with E-state index in [9.17, 15) is 5.11 Å². The zero-order valence-electron chi connectivity index (χ0n) is 11.0. The first kappa shape index (κ1) is 15.9. The molecule has 16 heavy (non-hydrogen) atoms. The van der Waals surface area contributed by atoms with E-state index in [-0.39, 0.29) is 19.3 Å². The van der Waals surface area contributed by atoms with E-state index in [1.807, 2.05) is 0 Å². The van der Waals surface area contributed by atoms with Crippen LogP contribution in [0.5, 0.6) is 0 Å². The zero-order chi connectivity index (χ0) is 12.4. The molecule has 3 unspecified atom stereocenters. The summed E-state index contributed by atoms with van der Waals surface area (Å²) >= 11 is 0. The predicted molar refractivity (Wildman–Crippen MR) is 66.4 cm³/mol. The molecule has 0 bridgehead atoms. The number of hydrogen-bond donors (Lipinski definition) is 2. The molecule has 0 amide bonds. The minimum absolute atomic E-state index is 0.220. The molecule has 3 heteroatoms. The SMILES string of the molecule is CCCC(CC)CC(CC)OCC(O)CO. The van der Waals surface area contributed by atoms with E-state index >= 15 is 0 Å². The van der Waals surface area contributed by atoms with Crippen LogP contribution in [0.4, 0.5) is 0 Å². The van der Waals surface area contributed by atoms with Crippen LogP contribution in [-0.2, 0) is 4.74 Å². The maximum absolute atomic E-state index is 9.22. The molecule has 0 rings (SSSR count). The number of aliphatic hydroxyl groups is 2. The summed E-state index contributed by atoms with van der Waals surface area (Å²) in [5.74, 6) is 0.723. The lowest BCUT2D eigenvalue weighted by Gasteiger charge is -2.22. The maximum Gasteiger partial charge on any atom is 0.100 e. The Morgan fingerprint density at radius 1 is 1.12 bits per heavy atom. The molecule has 98 valence electrons. The van der Waals surface area contributed by atoms with E-state index in [1.54, 1.807) is 0 Å². The van der Waals surface area contributed by atoms with Gasteiger partial charge in [0.15, 0.2) is 0 Å². The summed E-state index contributed by atoms with van der Waals surface area (Å²) in [5.41, 5.74) is 0. The monoisotopic (exact) mass is 232 g/mol. The van der Waals surface area contributed by atoms with Crippen LogP contribution in [0.3, 0.4) is 0 Å². The van der Waals surface area contributed by atoms with E-state index in [0.717, 1.165) is 18.8 Å². The van der Waals surface area contributed by atoms with Gasteiger partial charge in [-0.2, -0.15) is 0 Å². The smallest absolute Gasteiger partial charge is 0.100 e. The number of hydrogen-bond acceptors (Lipinski definition) is 3. The van der Waals surface area contributed by atoms with Crippen molar-refractivity contribution in [1.29, 1.82) is 0 Å². The Labute approximate surface area is 99.8 Å². The van der Waals surface area contributed by atoms with Gasteiger partial charge in [-0.3, -0.25) is 0 Å². The minimum Gasteiger partial charge on any atom is -0.394 e. The Morgan fingerprint density at radius 2 is 1.81 bits per heavy atom. The van der Waals surface area contributed by atoms with Gasteiger partial charge in [-0.25, -0.2) is 0 Å². The molecule has 0 spiro atoms. The third-order valence-corrected chi connectivity index (χ3v) is 3.06. The summed E-state index contributed by atoms with van der Waals surface area (Å²) in [6, 6.07) is 0. The third-order valence-electron chi connectivity index (χ3n) is 3.06. The average Bonchev–Trinajstić information content (AvgIpc) is 2.32. The Morgan fingerprint density at radius 3 is 2.25 bits per heavy atom. The lowest BCUT2D eigenvalue weighted by molar-refractivity contribution is -0.0375. The van der Waals surface area contributed by atoms with Gasteiger partial charge in [-0.15, -0.1) is 0 Å². The Balaban J connectivity index is 3.87.